The van der Waals surface area contributed by atoms with Gasteiger partial charge >= 0.3 is 0 Å². The molecule has 0 spiro atoms. The van der Waals surface area contributed by atoms with Gasteiger partial charge in [-0.1, -0.05) is 18.9 Å². The van der Waals surface area contributed by atoms with Crippen molar-refractivity contribution < 1.29 is 19.1 Å². The van der Waals surface area contributed by atoms with Gasteiger partial charge in [-0.05, 0) is 68.1 Å². The molecule has 4 rings (SSSR count). The van der Waals surface area contributed by atoms with Crippen molar-refractivity contribution in [2.24, 2.45) is 0 Å². The van der Waals surface area contributed by atoms with Gasteiger partial charge < -0.3 is 25.6 Å². The van der Waals surface area contributed by atoms with Gasteiger partial charge in [-0.25, -0.2) is 0 Å². The minimum atomic E-state index is -0.220. The molecule has 0 aliphatic carbocycles. The fraction of sp³-hybridized carbons (Fsp3) is 0.444. The maximum absolute atomic E-state index is 12.9. The van der Waals surface area contributed by atoms with Crippen LogP contribution in [-0.4, -0.2) is 61.5 Å². The molecule has 186 valence electrons. The third-order valence-corrected chi connectivity index (χ3v) is 6.40. The van der Waals surface area contributed by atoms with Crippen LogP contribution in [0.15, 0.2) is 48.5 Å². The Hall–Kier alpha value is -3.39. The van der Waals surface area contributed by atoms with Gasteiger partial charge in [0, 0.05) is 48.7 Å². The van der Waals surface area contributed by atoms with E-state index in [-0.39, 0.29) is 30.4 Å². The van der Waals surface area contributed by atoms with E-state index >= 15 is 0 Å². The monoisotopic (exact) mass is 478 g/mol. The van der Waals surface area contributed by atoms with Crippen molar-refractivity contribution in [3.63, 3.8) is 0 Å². The summed E-state index contributed by atoms with van der Waals surface area (Å²) in [6.45, 7) is 2.92. The largest absolute Gasteiger partial charge is 0.376 e. The third kappa shape index (κ3) is 7.29. The van der Waals surface area contributed by atoms with Crippen LogP contribution in [0.2, 0.25) is 0 Å². The number of amides is 3. The van der Waals surface area contributed by atoms with Gasteiger partial charge in [-0.3, -0.25) is 14.4 Å². The number of benzene rings is 2. The molecule has 2 aliphatic heterocycles. The van der Waals surface area contributed by atoms with Gasteiger partial charge in [-0.2, -0.15) is 0 Å². The summed E-state index contributed by atoms with van der Waals surface area (Å²) < 4.78 is 5.52. The predicted octanol–water partition coefficient (Wildman–Crippen LogP) is 3.66. The first kappa shape index (κ1) is 24.7. The molecule has 2 aromatic rings. The summed E-state index contributed by atoms with van der Waals surface area (Å²) in [6.07, 6.45) is 6.52. The molecule has 35 heavy (non-hydrogen) atoms. The Labute approximate surface area is 206 Å². The zero-order valence-corrected chi connectivity index (χ0v) is 20.1. The summed E-state index contributed by atoms with van der Waals surface area (Å²) in [7, 11) is 0. The van der Waals surface area contributed by atoms with Crippen molar-refractivity contribution in [1.29, 1.82) is 0 Å². The number of hydrogen-bond acceptors (Lipinski definition) is 5. The number of ether oxygens (including phenoxy) is 1. The van der Waals surface area contributed by atoms with Crippen molar-refractivity contribution in [2.45, 2.75) is 44.6 Å². The molecular formula is C27H34N4O4. The van der Waals surface area contributed by atoms with Crippen molar-refractivity contribution in [2.75, 3.05) is 43.4 Å². The maximum Gasteiger partial charge on any atom is 0.253 e. The molecule has 3 N–H and O–H groups in total. The average Bonchev–Trinajstić information content (AvgIpc) is 3.26. The smallest absolute Gasteiger partial charge is 0.253 e. The van der Waals surface area contributed by atoms with Crippen LogP contribution in [0.4, 0.5) is 11.4 Å². The van der Waals surface area contributed by atoms with Crippen LogP contribution in [0.3, 0.4) is 0 Å². The number of carbonyl (C=O) groups is 3. The van der Waals surface area contributed by atoms with Gasteiger partial charge in [0.1, 0.15) is 0 Å². The Morgan fingerprint density at radius 2 is 1.66 bits per heavy atom. The van der Waals surface area contributed by atoms with Crippen LogP contribution >= 0.6 is 0 Å². The van der Waals surface area contributed by atoms with Crippen molar-refractivity contribution in [3.05, 3.63) is 59.7 Å². The van der Waals surface area contributed by atoms with Crippen LogP contribution in [-0.2, 0) is 9.53 Å². The molecule has 3 amide bonds. The molecule has 2 saturated heterocycles. The van der Waals surface area contributed by atoms with E-state index in [1.165, 1.54) is 12.8 Å². The molecule has 2 aliphatic rings. The minimum absolute atomic E-state index is 0.0148. The normalized spacial score (nSPS) is 17.9. The number of nitrogens with zero attached hydrogens (tertiary/aromatic N) is 1. The number of anilines is 2. The molecule has 8 nitrogen and oxygen atoms in total. The second-order valence-electron chi connectivity index (χ2n) is 9.11. The zero-order valence-electron chi connectivity index (χ0n) is 20.1. The van der Waals surface area contributed by atoms with Gasteiger partial charge in [0.15, 0.2) is 0 Å². The molecule has 8 heteroatoms. The zero-order chi connectivity index (χ0) is 24.5. The van der Waals surface area contributed by atoms with Gasteiger partial charge in [0.05, 0.1) is 12.6 Å². The van der Waals surface area contributed by atoms with E-state index < -0.39 is 0 Å². The van der Waals surface area contributed by atoms with Crippen LogP contribution in [0.25, 0.3) is 0 Å². The van der Waals surface area contributed by atoms with Crippen LogP contribution < -0.4 is 16.0 Å². The lowest BCUT2D eigenvalue weighted by atomic mass is 10.1. The molecule has 0 bridgehead atoms. The van der Waals surface area contributed by atoms with Crippen LogP contribution in [0.1, 0.15) is 59.2 Å². The summed E-state index contributed by atoms with van der Waals surface area (Å²) in [5.74, 6) is -0.344. The topological polar surface area (TPSA) is 99.8 Å². The third-order valence-electron chi connectivity index (χ3n) is 6.40. The Bertz CT molecular complexity index is 1010. The molecular weight excluding hydrogens is 444 g/mol. The summed E-state index contributed by atoms with van der Waals surface area (Å²) in [6, 6.07) is 14.1. The van der Waals surface area contributed by atoms with E-state index in [2.05, 4.69) is 16.0 Å². The number of carbonyl (C=O) groups excluding carboxylic acids is 3. The maximum atomic E-state index is 12.9. The number of nitrogens with one attached hydrogen (secondary N) is 3. The predicted molar refractivity (Wildman–Crippen MR) is 136 cm³/mol. The van der Waals surface area contributed by atoms with E-state index in [4.69, 9.17) is 4.74 Å². The fourth-order valence-electron chi connectivity index (χ4n) is 4.43. The van der Waals surface area contributed by atoms with E-state index in [1.807, 2.05) is 4.90 Å². The first-order chi connectivity index (χ1) is 17.1. The van der Waals surface area contributed by atoms with Crippen molar-refractivity contribution >= 4 is 29.1 Å². The number of rotatable bonds is 8. The summed E-state index contributed by atoms with van der Waals surface area (Å²) >= 11 is 0. The second-order valence-corrected chi connectivity index (χ2v) is 9.11. The summed E-state index contributed by atoms with van der Waals surface area (Å²) in [5, 5.41) is 8.81. The van der Waals surface area contributed by atoms with E-state index in [0.29, 0.717) is 23.4 Å². The lowest BCUT2D eigenvalue weighted by Gasteiger charge is -2.20. The highest BCUT2D eigenvalue weighted by molar-refractivity contribution is 5.98. The molecule has 0 aromatic heterocycles. The second kappa shape index (κ2) is 12.4. The van der Waals surface area contributed by atoms with E-state index in [0.717, 1.165) is 51.1 Å². The fourth-order valence-corrected chi connectivity index (χ4v) is 4.43. The molecule has 2 heterocycles. The molecule has 0 saturated carbocycles. The van der Waals surface area contributed by atoms with Crippen LogP contribution in [0.5, 0.6) is 0 Å². The quantitative estimate of drug-likeness (QED) is 0.538. The SMILES string of the molecule is O=C(CNc1ccc(C(=O)NCC2CCCO2)cc1)Nc1cccc(C(=O)N2CCCCCC2)c1. The average molecular weight is 479 g/mol. The summed E-state index contributed by atoms with van der Waals surface area (Å²) in [4.78, 5) is 39.5. The highest BCUT2D eigenvalue weighted by Crippen LogP contribution is 2.17. The Balaban J connectivity index is 1.24. The molecule has 1 unspecified atom stereocenters. The first-order valence-corrected chi connectivity index (χ1v) is 12.5. The van der Waals surface area contributed by atoms with Crippen LogP contribution in [0, 0.1) is 0 Å². The highest BCUT2D eigenvalue weighted by atomic mass is 16.5. The van der Waals surface area contributed by atoms with Crippen molar-refractivity contribution in [1.82, 2.24) is 10.2 Å². The molecule has 0 radical (unpaired) electrons. The molecule has 1 atom stereocenters. The van der Waals surface area contributed by atoms with E-state index in [1.54, 1.807) is 48.5 Å². The summed E-state index contributed by atoms with van der Waals surface area (Å²) in [5.41, 5.74) is 2.48. The van der Waals surface area contributed by atoms with Gasteiger partial charge in [-0.15, -0.1) is 0 Å². The minimum Gasteiger partial charge on any atom is -0.376 e. The van der Waals surface area contributed by atoms with Gasteiger partial charge in [0.25, 0.3) is 11.8 Å². The molecule has 2 fully saturated rings. The Morgan fingerprint density at radius 3 is 2.37 bits per heavy atom. The van der Waals surface area contributed by atoms with Gasteiger partial charge in [0.2, 0.25) is 5.91 Å². The molecule has 2 aromatic carbocycles. The number of likely N-dealkylation sites (tertiary alicyclic amines) is 1. The lowest BCUT2D eigenvalue weighted by Crippen LogP contribution is -2.32. The Kier molecular flexibility index (Phi) is 8.73. The number of hydrogen-bond donors (Lipinski definition) is 3. The Morgan fingerprint density at radius 1 is 0.886 bits per heavy atom. The first-order valence-electron chi connectivity index (χ1n) is 12.5. The standard InChI is InChI=1S/C27H34N4O4/c32-25(30-23-8-5-7-21(17-23)27(34)31-14-3-1-2-4-15-31)19-28-22-12-10-20(11-13-22)26(33)29-18-24-9-6-16-35-24/h5,7-8,10-13,17,24,28H,1-4,6,9,14-16,18-19H2,(H,29,33)(H,30,32). The van der Waals surface area contributed by atoms with E-state index in [9.17, 15) is 14.4 Å². The van der Waals surface area contributed by atoms with Crippen molar-refractivity contribution in [3.8, 4) is 0 Å². The highest BCUT2D eigenvalue weighted by Gasteiger charge is 2.18. The lowest BCUT2D eigenvalue weighted by molar-refractivity contribution is -0.114.